The van der Waals surface area contributed by atoms with E-state index in [4.69, 9.17) is 35.3 Å². The fourth-order valence-corrected chi connectivity index (χ4v) is 1.79. The Morgan fingerprint density at radius 2 is 1.05 bits per heavy atom. The van der Waals surface area contributed by atoms with Gasteiger partial charge >= 0.3 is 0 Å². The summed E-state index contributed by atoms with van der Waals surface area (Å²) in [5.41, 5.74) is 0. The fourth-order valence-electron chi connectivity index (χ4n) is 1.60. The highest BCUT2D eigenvalue weighted by molar-refractivity contribution is 6.17. The lowest BCUT2D eigenvalue weighted by atomic mass is 10.2. The van der Waals surface area contributed by atoms with Crippen LogP contribution in [-0.4, -0.2) is 65.3 Å². The molecule has 0 saturated heterocycles. The van der Waals surface area contributed by atoms with Crippen molar-refractivity contribution in [3.8, 4) is 0 Å². The maximum Gasteiger partial charge on any atom is 0.111 e. The molecule has 0 radical (unpaired) electrons. The van der Waals surface area contributed by atoms with Gasteiger partial charge in [-0.2, -0.15) is 0 Å². The zero-order valence-corrected chi connectivity index (χ0v) is 14.4. The lowest BCUT2D eigenvalue weighted by molar-refractivity contribution is -0.00637. The van der Waals surface area contributed by atoms with Gasteiger partial charge < -0.3 is 23.7 Å². The van der Waals surface area contributed by atoms with Gasteiger partial charge in [-0.05, 0) is 12.8 Å². The van der Waals surface area contributed by atoms with E-state index in [0.717, 1.165) is 25.3 Å². The van der Waals surface area contributed by atoms with Crippen molar-refractivity contribution in [1.29, 1.82) is 0 Å². The molecule has 0 aromatic carbocycles. The van der Waals surface area contributed by atoms with Crippen LogP contribution < -0.4 is 0 Å². The van der Waals surface area contributed by atoms with E-state index in [9.17, 15) is 0 Å². The number of hydrogen-bond donors (Lipinski definition) is 0. The van der Waals surface area contributed by atoms with Crippen LogP contribution in [0.15, 0.2) is 12.8 Å². The Morgan fingerprint density at radius 3 is 1.55 bits per heavy atom. The van der Waals surface area contributed by atoms with Gasteiger partial charge in [-0.3, -0.25) is 0 Å². The summed E-state index contributed by atoms with van der Waals surface area (Å²) in [4.78, 5) is 0. The average Bonchev–Trinajstić information content (AvgIpc) is 2.54. The van der Waals surface area contributed by atoms with E-state index in [0.29, 0.717) is 52.9 Å². The van der Waals surface area contributed by atoms with Crippen molar-refractivity contribution in [3.63, 3.8) is 0 Å². The number of alkyl halides is 1. The Bertz CT molecular complexity index is 217. The first-order chi connectivity index (χ1) is 10.9. The number of hydrogen-bond acceptors (Lipinski definition) is 5. The van der Waals surface area contributed by atoms with Crippen LogP contribution in [0.5, 0.6) is 0 Å². The molecule has 0 aromatic heterocycles. The van der Waals surface area contributed by atoms with Crippen LogP contribution in [0.1, 0.15) is 25.7 Å². The third kappa shape index (κ3) is 19.7. The third-order valence-electron chi connectivity index (χ3n) is 2.75. The predicted octanol–water partition coefficient (Wildman–Crippen LogP) is 3.01. The molecule has 0 bridgehead atoms. The van der Waals surface area contributed by atoms with E-state index in [1.54, 1.807) is 0 Å². The molecule has 0 spiro atoms. The minimum atomic E-state index is 0.527. The van der Waals surface area contributed by atoms with E-state index < -0.39 is 0 Å². The van der Waals surface area contributed by atoms with Crippen LogP contribution >= 0.6 is 11.6 Å². The van der Waals surface area contributed by atoms with Gasteiger partial charge in [0.1, 0.15) is 6.61 Å². The number of ether oxygens (including phenoxy) is 5. The maximum atomic E-state index is 5.60. The molecule has 22 heavy (non-hydrogen) atoms. The number of rotatable bonds is 19. The first-order valence-corrected chi connectivity index (χ1v) is 8.54. The highest BCUT2D eigenvalue weighted by Crippen LogP contribution is 2.00. The van der Waals surface area contributed by atoms with Gasteiger partial charge in [-0.25, -0.2) is 0 Å². The lowest BCUT2D eigenvalue weighted by Gasteiger charge is -2.07. The SMILES string of the molecule is C=COCCOCCOCCOCCOCCCCCCCl. The van der Waals surface area contributed by atoms with E-state index in [-0.39, 0.29) is 0 Å². The molecule has 0 aliphatic rings. The van der Waals surface area contributed by atoms with Gasteiger partial charge in [0.15, 0.2) is 0 Å². The quantitative estimate of drug-likeness (QED) is 0.206. The highest BCUT2D eigenvalue weighted by Gasteiger charge is 1.93. The molecule has 5 nitrogen and oxygen atoms in total. The molecule has 0 fully saturated rings. The molecule has 0 aromatic rings. The molecule has 0 unspecified atom stereocenters. The summed E-state index contributed by atoms with van der Waals surface area (Å²) in [5, 5.41) is 0. The Morgan fingerprint density at radius 1 is 0.591 bits per heavy atom. The van der Waals surface area contributed by atoms with Gasteiger partial charge in [0.25, 0.3) is 0 Å². The summed E-state index contributed by atoms with van der Waals surface area (Å²) in [6, 6.07) is 0. The second kappa shape index (κ2) is 20.7. The summed E-state index contributed by atoms with van der Waals surface area (Å²) in [7, 11) is 0. The van der Waals surface area contributed by atoms with Gasteiger partial charge in [-0.1, -0.05) is 19.4 Å². The van der Waals surface area contributed by atoms with Gasteiger partial charge in [0.2, 0.25) is 0 Å². The summed E-state index contributed by atoms with van der Waals surface area (Å²) < 4.78 is 26.4. The van der Waals surface area contributed by atoms with E-state index >= 15 is 0 Å². The monoisotopic (exact) mass is 338 g/mol. The second-order valence-electron chi connectivity index (χ2n) is 4.59. The molecule has 0 heterocycles. The number of halogens is 1. The maximum absolute atomic E-state index is 5.60. The van der Waals surface area contributed by atoms with Crippen molar-refractivity contribution in [3.05, 3.63) is 12.8 Å². The van der Waals surface area contributed by atoms with E-state index in [1.165, 1.54) is 19.1 Å². The molecule has 0 N–H and O–H groups in total. The highest BCUT2D eigenvalue weighted by atomic mass is 35.5. The first kappa shape index (κ1) is 21.7. The smallest absolute Gasteiger partial charge is 0.111 e. The van der Waals surface area contributed by atoms with Crippen LogP contribution in [0.3, 0.4) is 0 Å². The third-order valence-corrected chi connectivity index (χ3v) is 3.02. The van der Waals surface area contributed by atoms with Gasteiger partial charge in [-0.15, -0.1) is 11.6 Å². The molecular formula is C16H31ClO5. The molecule has 0 atom stereocenters. The standard InChI is InChI=1S/C16H31ClO5/c1-2-18-9-10-20-13-14-22-16-15-21-12-11-19-8-6-4-3-5-7-17/h2H,1,3-16H2. The fraction of sp³-hybridized carbons (Fsp3) is 0.875. The molecule has 0 rings (SSSR count). The van der Waals surface area contributed by atoms with Crippen LogP contribution in [-0.2, 0) is 23.7 Å². The van der Waals surface area contributed by atoms with Crippen molar-refractivity contribution in [2.45, 2.75) is 25.7 Å². The summed E-state index contributed by atoms with van der Waals surface area (Å²) in [5.74, 6) is 0.757. The van der Waals surface area contributed by atoms with Crippen LogP contribution in [0.2, 0.25) is 0 Å². The van der Waals surface area contributed by atoms with Gasteiger partial charge in [0.05, 0.1) is 52.5 Å². The predicted molar refractivity (Wildman–Crippen MR) is 88.6 cm³/mol. The second-order valence-corrected chi connectivity index (χ2v) is 4.97. The zero-order chi connectivity index (χ0) is 16.1. The summed E-state index contributed by atoms with van der Waals surface area (Å²) in [6.07, 6.45) is 5.97. The Kier molecular flexibility index (Phi) is 20.4. The molecule has 0 aliphatic carbocycles. The molecule has 132 valence electrons. The molecular weight excluding hydrogens is 308 g/mol. The molecule has 6 heteroatoms. The first-order valence-electron chi connectivity index (χ1n) is 8.01. The topological polar surface area (TPSA) is 46.2 Å². The molecule has 0 amide bonds. The Labute approximate surface area is 139 Å². The van der Waals surface area contributed by atoms with E-state index in [1.807, 2.05) is 0 Å². The van der Waals surface area contributed by atoms with Gasteiger partial charge in [0, 0.05) is 12.5 Å². The van der Waals surface area contributed by atoms with Crippen LogP contribution in [0, 0.1) is 0 Å². The van der Waals surface area contributed by atoms with Crippen LogP contribution in [0.25, 0.3) is 0 Å². The van der Waals surface area contributed by atoms with Crippen molar-refractivity contribution >= 4 is 11.6 Å². The minimum Gasteiger partial charge on any atom is -0.499 e. The van der Waals surface area contributed by atoms with Crippen LogP contribution in [0.4, 0.5) is 0 Å². The zero-order valence-electron chi connectivity index (χ0n) is 13.6. The molecule has 0 saturated carbocycles. The van der Waals surface area contributed by atoms with Crippen molar-refractivity contribution in [2.24, 2.45) is 0 Å². The summed E-state index contributed by atoms with van der Waals surface area (Å²) in [6.45, 7) is 8.86. The number of unbranched alkanes of at least 4 members (excludes halogenated alkanes) is 3. The van der Waals surface area contributed by atoms with E-state index in [2.05, 4.69) is 6.58 Å². The van der Waals surface area contributed by atoms with Crippen molar-refractivity contribution in [2.75, 3.05) is 65.3 Å². The lowest BCUT2D eigenvalue weighted by Crippen LogP contribution is -2.13. The summed E-state index contributed by atoms with van der Waals surface area (Å²) >= 11 is 5.60. The normalized spacial score (nSPS) is 10.8. The minimum absolute atomic E-state index is 0.527. The Balaban J connectivity index is 2.92. The average molecular weight is 339 g/mol. The van der Waals surface area contributed by atoms with Crippen molar-refractivity contribution < 1.29 is 23.7 Å². The largest absolute Gasteiger partial charge is 0.499 e. The molecule has 0 aliphatic heterocycles. The Hall–Kier alpha value is -0.330. The van der Waals surface area contributed by atoms with Crippen molar-refractivity contribution in [1.82, 2.24) is 0 Å².